The molecule has 0 radical (unpaired) electrons. The van der Waals surface area contributed by atoms with Crippen LogP contribution in [0.1, 0.15) is 62.2 Å². The van der Waals surface area contributed by atoms with Gasteiger partial charge >= 0.3 is 0 Å². The van der Waals surface area contributed by atoms with Crippen LogP contribution in [0, 0.1) is 6.92 Å². The van der Waals surface area contributed by atoms with Gasteiger partial charge in [0.15, 0.2) is 5.82 Å². The van der Waals surface area contributed by atoms with Crippen LogP contribution in [0.2, 0.25) is 0 Å². The van der Waals surface area contributed by atoms with E-state index in [1.54, 1.807) is 13.0 Å². The third kappa shape index (κ3) is 4.56. The van der Waals surface area contributed by atoms with Crippen LogP contribution in [0.25, 0.3) is 11.4 Å². The van der Waals surface area contributed by atoms with Gasteiger partial charge in [-0.3, -0.25) is 0 Å². The third-order valence-electron chi connectivity index (χ3n) is 5.48. The number of halogens is 2. The Morgan fingerprint density at radius 2 is 1.91 bits per heavy atom. The number of aryl methyl sites for hydroxylation is 1. The molecule has 3 aromatic rings. The van der Waals surface area contributed by atoms with Crippen molar-refractivity contribution in [2.45, 2.75) is 53.1 Å². The molecule has 0 amide bonds. The van der Waals surface area contributed by atoms with Crippen molar-refractivity contribution in [2.75, 3.05) is 0 Å². The Labute approximate surface area is 184 Å². The molecule has 0 bridgehead atoms. The maximum absolute atomic E-state index is 12.8. The summed E-state index contributed by atoms with van der Waals surface area (Å²) in [5, 5.41) is 16.7. The van der Waals surface area contributed by atoms with Gasteiger partial charge in [0, 0.05) is 23.4 Å². The molecular weight excluding hydrogens is 414 g/mol. The Kier molecular flexibility index (Phi) is 6.34. The molecule has 166 valence electrons. The largest absolute Gasteiger partial charge is 0.470 e. The predicted octanol–water partition coefficient (Wildman–Crippen LogP) is 5.18. The topological polar surface area (TPSA) is 78.6 Å². The Morgan fingerprint density at radius 1 is 1.06 bits per heavy atom. The number of pyridine rings is 1. The van der Waals surface area contributed by atoms with Gasteiger partial charge in [-0.15, -0.1) is 15.3 Å². The maximum atomic E-state index is 12.8. The van der Waals surface area contributed by atoms with Crippen LogP contribution in [0.4, 0.5) is 8.78 Å². The molecule has 3 aromatic heterocycles. The van der Waals surface area contributed by atoms with Crippen LogP contribution in [0.15, 0.2) is 47.7 Å². The third-order valence-corrected chi connectivity index (χ3v) is 5.48. The van der Waals surface area contributed by atoms with Gasteiger partial charge in [0.25, 0.3) is 6.43 Å². The molecule has 0 saturated carbocycles. The lowest BCUT2D eigenvalue weighted by Gasteiger charge is -2.11. The van der Waals surface area contributed by atoms with Crippen LogP contribution < -0.4 is 4.74 Å². The minimum absolute atomic E-state index is 0.131. The molecule has 0 aliphatic heterocycles. The highest BCUT2D eigenvalue weighted by Crippen LogP contribution is 2.31. The molecule has 3 heterocycles. The van der Waals surface area contributed by atoms with Gasteiger partial charge < -0.3 is 4.74 Å². The SMILES string of the molecule is CC1=CCCCC(C)=C1c1ccc(OCc2c(C)nnn2-c2ccc(C(F)F)cn2)nn1. The number of alkyl halides is 2. The van der Waals surface area contributed by atoms with E-state index < -0.39 is 6.43 Å². The molecule has 1 aliphatic rings. The summed E-state index contributed by atoms with van der Waals surface area (Å²) in [5.41, 5.74) is 5.66. The van der Waals surface area contributed by atoms with Crippen LogP contribution >= 0.6 is 0 Å². The van der Waals surface area contributed by atoms with Crippen LogP contribution in [-0.4, -0.2) is 30.2 Å². The highest BCUT2D eigenvalue weighted by Gasteiger charge is 2.16. The van der Waals surface area contributed by atoms with E-state index in [9.17, 15) is 8.78 Å². The minimum atomic E-state index is -2.57. The first kappa shape index (κ1) is 21.7. The van der Waals surface area contributed by atoms with E-state index in [0.29, 0.717) is 23.1 Å². The summed E-state index contributed by atoms with van der Waals surface area (Å²) < 4.78 is 32.9. The molecule has 0 spiro atoms. The van der Waals surface area contributed by atoms with Crippen molar-refractivity contribution in [3.8, 4) is 11.7 Å². The molecule has 0 atom stereocenters. The van der Waals surface area contributed by atoms with Gasteiger partial charge in [0.2, 0.25) is 5.88 Å². The van der Waals surface area contributed by atoms with Crippen molar-refractivity contribution >= 4 is 5.57 Å². The Bertz CT molecular complexity index is 1150. The normalized spacial score (nSPS) is 14.5. The molecule has 7 nitrogen and oxygen atoms in total. The fourth-order valence-corrected chi connectivity index (χ4v) is 3.72. The number of allylic oxidation sites excluding steroid dienone is 4. The van der Waals surface area contributed by atoms with E-state index in [4.69, 9.17) is 4.74 Å². The smallest absolute Gasteiger partial charge is 0.265 e. The van der Waals surface area contributed by atoms with Crippen molar-refractivity contribution in [2.24, 2.45) is 0 Å². The molecule has 1 aliphatic carbocycles. The zero-order chi connectivity index (χ0) is 22.7. The highest BCUT2D eigenvalue weighted by atomic mass is 19.3. The summed E-state index contributed by atoms with van der Waals surface area (Å²) in [4.78, 5) is 4.07. The lowest BCUT2D eigenvalue weighted by atomic mass is 9.98. The van der Waals surface area contributed by atoms with Crippen molar-refractivity contribution in [3.63, 3.8) is 0 Å². The Balaban J connectivity index is 1.51. The summed E-state index contributed by atoms with van der Waals surface area (Å²) in [7, 11) is 0. The molecule has 0 fully saturated rings. The molecule has 0 saturated heterocycles. The lowest BCUT2D eigenvalue weighted by molar-refractivity contribution is 0.151. The first-order valence-electron chi connectivity index (χ1n) is 10.4. The fourth-order valence-electron chi connectivity index (χ4n) is 3.72. The number of aromatic nitrogens is 6. The van der Waals surface area contributed by atoms with Gasteiger partial charge in [-0.1, -0.05) is 16.9 Å². The Hall–Kier alpha value is -3.49. The molecule has 9 heteroatoms. The lowest BCUT2D eigenvalue weighted by Crippen LogP contribution is -2.09. The molecule has 0 unspecified atom stereocenters. The van der Waals surface area contributed by atoms with E-state index >= 15 is 0 Å². The zero-order valence-electron chi connectivity index (χ0n) is 18.2. The predicted molar refractivity (Wildman–Crippen MR) is 115 cm³/mol. The number of hydrogen-bond acceptors (Lipinski definition) is 6. The number of nitrogens with zero attached hydrogens (tertiary/aromatic N) is 6. The van der Waals surface area contributed by atoms with Crippen LogP contribution in [-0.2, 0) is 6.61 Å². The van der Waals surface area contributed by atoms with Gasteiger partial charge in [-0.25, -0.2) is 13.8 Å². The highest BCUT2D eigenvalue weighted by molar-refractivity contribution is 5.79. The van der Waals surface area contributed by atoms with Crippen LogP contribution in [0.5, 0.6) is 5.88 Å². The van der Waals surface area contributed by atoms with E-state index in [1.165, 1.54) is 28.0 Å². The molecule has 0 aromatic carbocycles. The summed E-state index contributed by atoms with van der Waals surface area (Å²) in [6.07, 6.45) is 4.06. The first-order valence-corrected chi connectivity index (χ1v) is 10.4. The standard InChI is InChI=1S/C23H24F2N6O/c1-14-6-4-5-7-15(2)22(14)18-9-11-21(29-28-18)32-13-19-16(3)27-30-31(19)20-10-8-17(12-26-20)23(24)25/h6,8-12,23H,4-5,7,13H2,1-3H3. The van der Waals surface area contributed by atoms with Crippen LogP contribution in [0.3, 0.4) is 0 Å². The maximum Gasteiger partial charge on any atom is 0.265 e. The fraction of sp³-hybridized carbons (Fsp3) is 0.348. The second kappa shape index (κ2) is 9.33. The summed E-state index contributed by atoms with van der Waals surface area (Å²) in [5.74, 6) is 0.753. The van der Waals surface area contributed by atoms with E-state index in [-0.39, 0.29) is 12.2 Å². The quantitative estimate of drug-likeness (QED) is 0.528. The first-order chi connectivity index (χ1) is 15.4. The summed E-state index contributed by atoms with van der Waals surface area (Å²) >= 11 is 0. The van der Waals surface area contributed by atoms with Crippen molar-refractivity contribution in [1.82, 2.24) is 30.2 Å². The molecular formula is C23H24F2N6O. The van der Waals surface area contributed by atoms with Gasteiger partial charge in [0.05, 0.1) is 11.4 Å². The van der Waals surface area contributed by atoms with Gasteiger partial charge in [-0.05, 0) is 63.8 Å². The van der Waals surface area contributed by atoms with E-state index in [2.05, 4.69) is 45.4 Å². The van der Waals surface area contributed by atoms with Gasteiger partial charge in [-0.2, -0.15) is 4.68 Å². The van der Waals surface area contributed by atoms with Crippen molar-refractivity contribution in [3.05, 3.63) is 70.3 Å². The minimum Gasteiger partial charge on any atom is -0.470 e. The molecule has 0 N–H and O–H groups in total. The number of ether oxygens (including phenoxy) is 1. The van der Waals surface area contributed by atoms with Crippen molar-refractivity contribution in [1.29, 1.82) is 0 Å². The second-order valence-corrected chi connectivity index (χ2v) is 7.76. The Morgan fingerprint density at radius 3 is 2.59 bits per heavy atom. The number of hydrogen-bond donors (Lipinski definition) is 0. The zero-order valence-corrected chi connectivity index (χ0v) is 18.2. The van der Waals surface area contributed by atoms with E-state index in [0.717, 1.165) is 36.7 Å². The number of rotatable bonds is 6. The monoisotopic (exact) mass is 438 g/mol. The van der Waals surface area contributed by atoms with E-state index in [1.807, 2.05) is 6.07 Å². The van der Waals surface area contributed by atoms with Crippen molar-refractivity contribution < 1.29 is 13.5 Å². The average molecular weight is 438 g/mol. The molecule has 4 rings (SSSR count). The second-order valence-electron chi connectivity index (χ2n) is 7.76. The summed E-state index contributed by atoms with van der Waals surface area (Å²) in [6.45, 7) is 6.17. The summed E-state index contributed by atoms with van der Waals surface area (Å²) in [6, 6.07) is 6.50. The van der Waals surface area contributed by atoms with Gasteiger partial charge in [0.1, 0.15) is 12.3 Å². The average Bonchev–Trinajstić information content (AvgIpc) is 3.07. The molecule has 32 heavy (non-hydrogen) atoms.